The predicted molar refractivity (Wildman–Crippen MR) is 84.2 cm³/mol. The van der Waals surface area contributed by atoms with Crippen molar-refractivity contribution in [1.82, 2.24) is 4.90 Å². The molecule has 4 nitrogen and oxygen atoms in total. The molecule has 0 bridgehead atoms. The summed E-state index contributed by atoms with van der Waals surface area (Å²) in [5.41, 5.74) is 6.55. The molecule has 2 N–H and O–H groups in total. The molecular weight excluding hydrogens is 288 g/mol. The van der Waals surface area contributed by atoms with Crippen molar-refractivity contribution in [2.75, 3.05) is 19.7 Å². The van der Waals surface area contributed by atoms with Gasteiger partial charge in [0.25, 0.3) is 0 Å². The van der Waals surface area contributed by atoms with Crippen LogP contribution in [0.5, 0.6) is 0 Å². The third-order valence-corrected chi connectivity index (χ3v) is 4.28. The van der Waals surface area contributed by atoms with Crippen molar-refractivity contribution in [2.45, 2.75) is 32.4 Å². The highest BCUT2D eigenvalue weighted by molar-refractivity contribution is 6.31. The highest BCUT2D eigenvalue weighted by atomic mass is 35.5. The fourth-order valence-electron chi connectivity index (χ4n) is 2.53. The van der Waals surface area contributed by atoms with E-state index in [1.165, 1.54) is 0 Å². The molecule has 1 fully saturated rings. The first kappa shape index (κ1) is 16.3. The minimum Gasteiger partial charge on any atom is -0.369 e. The van der Waals surface area contributed by atoms with Gasteiger partial charge in [-0.3, -0.25) is 4.79 Å². The van der Waals surface area contributed by atoms with Crippen molar-refractivity contribution in [3.05, 3.63) is 34.9 Å². The number of nitrogens with zero attached hydrogens (tertiary/aromatic N) is 1. The Kier molecular flexibility index (Phi) is 5.62. The maximum absolute atomic E-state index is 12.4. The van der Waals surface area contributed by atoms with E-state index in [-0.39, 0.29) is 24.0 Å². The molecule has 1 aliphatic heterocycles. The van der Waals surface area contributed by atoms with E-state index in [0.29, 0.717) is 31.1 Å². The summed E-state index contributed by atoms with van der Waals surface area (Å²) in [7, 11) is 0. The van der Waals surface area contributed by atoms with Gasteiger partial charge in [-0.1, -0.05) is 36.7 Å². The lowest BCUT2D eigenvalue weighted by molar-refractivity contribution is -0.145. The minimum absolute atomic E-state index is 0.0845. The van der Waals surface area contributed by atoms with Crippen molar-refractivity contribution in [3.8, 4) is 0 Å². The maximum atomic E-state index is 12.4. The first-order valence-corrected chi connectivity index (χ1v) is 7.76. The Morgan fingerprint density at radius 3 is 2.90 bits per heavy atom. The standard InChI is InChI=1S/C16H23ClN2O2/c1-11(8-18)7-16(20)19-9-15(21-10-12(19)2)13-5-3-4-6-14(13)17/h3-6,11-12,15H,7-10,18H2,1-2H3. The Labute approximate surface area is 131 Å². The zero-order valence-electron chi connectivity index (χ0n) is 12.6. The summed E-state index contributed by atoms with van der Waals surface area (Å²) in [6.45, 7) is 5.60. The van der Waals surface area contributed by atoms with E-state index in [1.54, 1.807) is 0 Å². The number of halogens is 1. The fourth-order valence-corrected chi connectivity index (χ4v) is 2.78. The van der Waals surface area contributed by atoms with Crippen molar-refractivity contribution in [3.63, 3.8) is 0 Å². The Hall–Kier alpha value is -1.10. The van der Waals surface area contributed by atoms with E-state index in [2.05, 4.69) is 0 Å². The number of nitrogens with two attached hydrogens (primary N) is 1. The molecule has 5 heteroatoms. The van der Waals surface area contributed by atoms with Crippen molar-refractivity contribution >= 4 is 17.5 Å². The number of rotatable bonds is 4. The van der Waals surface area contributed by atoms with Crippen LogP contribution >= 0.6 is 11.6 Å². The van der Waals surface area contributed by atoms with Crippen LogP contribution in [0.15, 0.2) is 24.3 Å². The number of carbonyl (C=O) groups is 1. The number of amides is 1. The van der Waals surface area contributed by atoms with Crippen molar-refractivity contribution in [1.29, 1.82) is 0 Å². The second-order valence-electron chi connectivity index (χ2n) is 5.78. The zero-order valence-corrected chi connectivity index (χ0v) is 13.3. The van der Waals surface area contributed by atoms with Gasteiger partial charge in [-0.25, -0.2) is 0 Å². The van der Waals surface area contributed by atoms with E-state index in [4.69, 9.17) is 22.1 Å². The van der Waals surface area contributed by atoms with Crippen LogP contribution in [-0.2, 0) is 9.53 Å². The van der Waals surface area contributed by atoms with Gasteiger partial charge in [0.15, 0.2) is 0 Å². The van der Waals surface area contributed by atoms with E-state index < -0.39 is 0 Å². The second kappa shape index (κ2) is 7.25. The maximum Gasteiger partial charge on any atom is 0.223 e. The molecule has 1 aliphatic rings. The summed E-state index contributed by atoms with van der Waals surface area (Å²) in [6.07, 6.45) is 0.322. The molecule has 1 amide bonds. The first-order chi connectivity index (χ1) is 10.0. The predicted octanol–water partition coefficient (Wildman–Crippen LogP) is 2.61. The topological polar surface area (TPSA) is 55.6 Å². The van der Waals surface area contributed by atoms with Crippen LogP contribution in [-0.4, -0.2) is 36.5 Å². The quantitative estimate of drug-likeness (QED) is 0.930. The molecule has 0 saturated carbocycles. The minimum atomic E-state index is -0.160. The molecule has 0 aliphatic carbocycles. The smallest absolute Gasteiger partial charge is 0.223 e. The SMILES string of the molecule is CC(CN)CC(=O)N1CC(c2ccccc2Cl)OCC1C. The average Bonchev–Trinajstić information content (AvgIpc) is 2.48. The number of morpholine rings is 1. The highest BCUT2D eigenvalue weighted by Gasteiger charge is 2.31. The van der Waals surface area contributed by atoms with Gasteiger partial charge in [-0.2, -0.15) is 0 Å². The monoisotopic (exact) mass is 310 g/mol. The summed E-state index contributed by atoms with van der Waals surface area (Å²) in [5, 5.41) is 0.680. The second-order valence-corrected chi connectivity index (χ2v) is 6.19. The highest BCUT2D eigenvalue weighted by Crippen LogP contribution is 2.30. The Bertz CT molecular complexity index is 495. The molecule has 3 unspecified atom stereocenters. The van der Waals surface area contributed by atoms with Gasteiger partial charge < -0.3 is 15.4 Å². The lowest BCUT2D eigenvalue weighted by Crippen LogP contribution is -2.48. The van der Waals surface area contributed by atoms with Crippen LogP contribution in [0, 0.1) is 5.92 Å². The number of benzene rings is 1. The number of carbonyl (C=O) groups excluding carboxylic acids is 1. The van der Waals surface area contributed by atoms with Crippen LogP contribution in [0.25, 0.3) is 0 Å². The van der Waals surface area contributed by atoms with Gasteiger partial charge in [0.05, 0.1) is 19.2 Å². The van der Waals surface area contributed by atoms with E-state index in [9.17, 15) is 4.79 Å². The van der Waals surface area contributed by atoms with Gasteiger partial charge in [0, 0.05) is 17.0 Å². The first-order valence-electron chi connectivity index (χ1n) is 7.38. The number of ether oxygens (including phenoxy) is 1. The molecule has 0 radical (unpaired) electrons. The van der Waals surface area contributed by atoms with Gasteiger partial charge in [-0.05, 0) is 25.5 Å². The summed E-state index contributed by atoms with van der Waals surface area (Å²) in [5.74, 6) is 0.340. The largest absolute Gasteiger partial charge is 0.369 e. The molecule has 116 valence electrons. The van der Waals surface area contributed by atoms with Crippen molar-refractivity contribution in [2.24, 2.45) is 11.7 Å². The number of hydrogen-bond donors (Lipinski definition) is 1. The van der Waals surface area contributed by atoms with Crippen molar-refractivity contribution < 1.29 is 9.53 Å². The Morgan fingerprint density at radius 1 is 1.52 bits per heavy atom. The third kappa shape index (κ3) is 3.96. The third-order valence-electron chi connectivity index (χ3n) is 3.93. The van der Waals surface area contributed by atoms with Crippen LogP contribution in [0.1, 0.15) is 31.9 Å². The Balaban J connectivity index is 2.09. The lowest BCUT2D eigenvalue weighted by Gasteiger charge is -2.39. The average molecular weight is 311 g/mol. The van der Waals surface area contributed by atoms with Gasteiger partial charge in [0.2, 0.25) is 5.91 Å². The molecule has 1 aromatic rings. The molecule has 1 saturated heterocycles. The van der Waals surface area contributed by atoms with Crippen LogP contribution in [0.2, 0.25) is 5.02 Å². The summed E-state index contributed by atoms with van der Waals surface area (Å²) < 4.78 is 5.87. The number of hydrogen-bond acceptors (Lipinski definition) is 3. The van der Waals surface area contributed by atoms with E-state index in [1.807, 2.05) is 43.0 Å². The summed E-state index contributed by atoms with van der Waals surface area (Å²) in [4.78, 5) is 14.3. The molecule has 0 spiro atoms. The normalized spacial score (nSPS) is 23.9. The molecule has 0 aromatic heterocycles. The van der Waals surface area contributed by atoms with Gasteiger partial charge >= 0.3 is 0 Å². The Morgan fingerprint density at radius 2 is 2.24 bits per heavy atom. The molecular formula is C16H23ClN2O2. The van der Waals surface area contributed by atoms with E-state index >= 15 is 0 Å². The zero-order chi connectivity index (χ0) is 15.4. The van der Waals surface area contributed by atoms with Crippen LogP contribution in [0.4, 0.5) is 0 Å². The van der Waals surface area contributed by atoms with Gasteiger partial charge in [0.1, 0.15) is 6.10 Å². The lowest BCUT2D eigenvalue weighted by atomic mass is 10.0. The van der Waals surface area contributed by atoms with E-state index in [0.717, 1.165) is 5.56 Å². The van der Waals surface area contributed by atoms with Gasteiger partial charge in [-0.15, -0.1) is 0 Å². The summed E-state index contributed by atoms with van der Waals surface area (Å²) >= 11 is 6.23. The molecule has 21 heavy (non-hydrogen) atoms. The molecule has 1 aromatic carbocycles. The van der Waals surface area contributed by atoms with Crippen LogP contribution in [0.3, 0.4) is 0 Å². The molecule has 1 heterocycles. The van der Waals surface area contributed by atoms with Crippen LogP contribution < -0.4 is 5.73 Å². The summed E-state index contributed by atoms with van der Waals surface area (Å²) in [6, 6.07) is 7.71. The fraction of sp³-hybridized carbons (Fsp3) is 0.562. The molecule has 2 rings (SSSR count). The molecule has 3 atom stereocenters.